The van der Waals surface area contributed by atoms with Gasteiger partial charge < -0.3 is 4.98 Å². The van der Waals surface area contributed by atoms with E-state index in [1.54, 1.807) is 24.8 Å². The van der Waals surface area contributed by atoms with Gasteiger partial charge in [-0.2, -0.15) is 5.10 Å². The summed E-state index contributed by atoms with van der Waals surface area (Å²) in [6.07, 6.45) is 12.7. The Bertz CT molecular complexity index is 1480. The van der Waals surface area contributed by atoms with Gasteiger partial charge in [0, 0.05) is 52.9 Å². The maximum atomic E-state index is 4.56. The van der Waals surface area contributed by atoms with Gasteiger partial charge in [0.15, 0.2) is 0 Å². The third-order valence-corrected chi connectivity index (χ3v) is 5.20. The standard InChI is InChI=1S/C23H15N7/c1-2-15(10-25-5-1)19-9-17-22(13-27-19)29-30-23(17)20-8-16-18(11-26-12-21(16)28-20)14-3-6-24-7-4-14/h1-13,28H,(H,29,30). The largest absolute Gasteiger partial charge is 0.352 e. The molecule has 0 saturated carbocycles. The molecule has 0 fully saturated rings. The lowest BCUT2D eigenvalue weighted by molar-refractivity contribution is 1.11. The van der Waals surface area contributed by atoms with E-state index in [4.69, 9.17) is 0 Å². The van der Waals surface area contributed by atoms with Gasteiger partial charge in [-0.3, -0.25) is 25.0 Å². The number of aromatic nitrogens is 7. The average Bonchev–Trinajstić information content (AvgIpc) is 3.43. The number of nitrogens with zero attached hydrogens (tertiary/aromatic N) is 5. The monoisotopic (exact) mass is 389 g/mol. The summed E-state index contributed by atoms with van der Waals surface area (Å²) >= 11 is 0. The summed E-state index contributed by atoms with van der Waals surface area (Å²) in [5, 5.41) is 9.72. The van der Waals surface area contributed by atoms with Crippen LogP contribution in [0.15, 0.2) is 79.8 Å². The van der Waals surface area contributed by atoms with Crippen molar-refractivity contribution < 1.29 is 0 Å². The zero-order valence-corrected chi connectivity index (χ0v) is 15.7. The predicted octanol–water partition coefficient (Wildman–Crippen LogP) is 4.63. The van der Waals surface area contributed by atoms with E-state index in [0.717, 1.165) is 55.6 Å². The van der Waals surface area contributed by atoms with E-state index >= 15 is 0 Å². The van der Waals surface area contributed by atoms with Crippen LogP contribution in [-0.2, 0) is 0 Å². The van der Waals surface area contributed by atoms with Crippen LogP contribution in [0.5, 0.6) is 0 Å². The molecule has 0 spiro atoms. The van der Waals surface area contributed by atoms with E-state index in [2.05, 4.69) is 41.2 Å². The van der Waals surface area contributed by atoms with Gasteiger partial charge in [0.1, 0.15) is 5.69 Å². The van der Waals surface area contributed by atoms with Crippen molar-refractivity contribution in [3.8, 4) is 33.8 Å². The first-order valence-electron chi connectivity index (χ1n) is 9.49. The highest BCUT2D eigenvalue weighted by molar-refractivity contribution is 6.00. The Morgan fingerprint density at radius 1 is 0.700 bits per heavy atom. The first-order chi connectivity index (χ1) is 14.9. The van der Waals surface area contributed by atoms with Crippen molar-refractivity contribution in [3.05, 3.63) is 79.8 Å². The summed E-state index contributed by atoms with van der Waals surface area (Å²) in [5.41, 5.74) is 7.54. The number of pyridine rings is 4. The summed E-state index contributed by atoms with van der Waals surface area (Å²) in [6, 6.07) is 12.0. The van der Waals surface area contributed by atoms with Crippen molar-refractivity contribution in [2.45, 2.75) is 0 Å². The highest BCUT2D eigenvalue weighted by Crippen LogP contribution is 2.34. The van der Waals surface area contributed by atoms with Gasteiger partial charge in [-0.25, -0.2) is 0 Å². The Kier molecular flexibility index (Phi) is 3.64. The van der Waals surface area contributed by atoms with E-state index in [9.17, 15) is 0 Å². The summed E-state index contributed by atoms with van der Waals surface area (Å²) in [6.45, 7) is 0. The fourth-order valence-corrected chi connectivity index (χ4v) is 3.73. The second kappa shape index (κ2) is 6.59. The molecule has 0 amide bonds. The Morgan fingerprint density at radius 2 is 1.63 bits per heavy atom. The molecule has 0 aliphatic rings. The molecule has 0 unspecified atom stereocenters. The molecule has 6 aromatic rings. The van der Waals surface area contributed by atoms with Crippen molar-refractivity contribution >= 4 is 21.8 Å². The first-order valence-corrected chi connectivity index (χ1v) is 9.49. The van der Waals surface area contributed by atoms with E-state index in [0.29, 0.717) is 0 Å². The van der Waals surface area contributed by atoms with Gasteiger partial charge in [0.05, 0.1) is 34.8 Å². The maximum absolute atomic E-state index is 4.56. The normalized spacial score (nSPS) is 11.3. The van der Waals surface area contributed by atoms with Crippen LogP contribution in [0.3, 0.4) is 0 Å². The summed E-state index contributed by atoms with van der Waals surface area (Å²) in [7, 11) is 0. The SMILES string of the molecule is c1cncc(-c2cc3c(-c4cc5c(-c6ccncc6)cncc5[nH]4)n[nH]c3cn2)c1. The molecule has 0 aromatic carbocycles. The summed E-state index contributed by atoms with van der Waals surface area (Å²) in [5.74, 6) is 0. The molecule has 0 bridgehead atoms. The molecule has 0 aliphatic heterocycles. The minimum Gasteiger partial charge on any atom is -0.352 e. The van der Waals surface area contributed by atoms with Crippen LogP contribution < -0.4 is 0 Å². The maximum Gasteiger partial charge on any atom is 0.116 e. The molecule has 0 atom stereocenters. The number of nitrogens with one attached hydrogen (secondary N) is 2. The van der Waals surface area contributed by atoms with E-state index < -0.39 is 0 Å². The lowest BCUT2D eigenvalue weighted by Gasteiger charge is -2.01. The average molecular weight is 389 g/mol. The second-order valence-electron chi connectivity index (χ2n) is 7.00. The number of hydrogen-bond acceptors (Lipinski definition) is 5. The van der Waals surface area contributed by atoms with Crippen molar-refractivity contribution in [2.24, 2.45) is 0 Å². The topological polar surface area (TPSA) is 96.0 Å². The summed E-state index contributed by atoms with van der Waals surface area (Å²) in [4.78, 5) is 20.7. The van der Waals surface area contributed by atoms with E-state index in [-0.39, 0.29) is 0 Å². The number of hydrogen-bond donors (Lipinski definition) is 2. The molecule has 0 saturated heterocycles. The van der Waals surface area contributed by atoms with Crippen LogP contribution in [0, 0.1) is 0 Å². The van der Waals surface area contributed by atoms with Crippen molar-refractivity contribution in [1.29, 1.82) is 0 Å². The van der Waals surface area contributed by atoms with Crippen LogP contribution in [0.2, 0.25) is 0 Å². The Hall–Kier alpha value is -4.39. The number of aromatic amines is 2. The van der Waals surface area contributed by atoms with Crippen LogP contribution in [0.25, 0.3) is 55.6 Å². The third kappa shape index (κ3) is 2.64. The highest BCUT2D eigenvalue weighted by atomic mass is 15.1. The number of H-pyrrole nitrogens is 2. The van der Waals surface area contributed by atoms with Crippen LogP contribution in [0.1, 0.15) is 0 Å². The molecule has 6 aromatic heterocycles. The zero-order chi connectivity index (χ0) is 19.9. The minimum absolute atomic E-state index is 0.842. The zero-order valence-electron chi connectivity index (χ0n) is 15.7. The highest BCUT2D eigenvalue weighted by Gasteiger charge is 2.15. The molecule has 142 valence electrons. The molecule has 6 heterocycles. The molecule has 30 heavy (non-hydrogen) atoms. The quantitative estimate of drug-likeness (QED) is 0.460. The van der Waals surface area contributed by atoms with E-state index in [1.807, 2.05) is 48.9 Å². The molecular weight excluding hydrogens is 374 g/mol. The van der Waals surface area contributed by atoms with Crippen LogP contribution in [0.4, 0.5) is 0 Å². The van der Waals surface area contributed by atoms with Crippen LogP contribution >= 0.6 is 0 Å². The smallest absolute Gasteiger partial charge is 0.116 e. The second-order valence-corrected chi connectivity index (χ2v) is 7.00. The van der Waals surface area contributed by atoms with Crippen LogP contribution in [-0.4, -0.2) is 35.1 Å². The fraction of sp³-hybridized carbons (Fsp3) is 0. The predicted molar refractivity (Wildman–Crippen MR) is 115 cm³/mol. The Morgan fingerprint density at radius 3 is 2.50 bits per heavy atom. The van der Waals surface area contributed by atoms with Crippen molar-refractivity contribution in [1.82, 2.24) is 35.1 Å². The summed E-state index contributed by atoms with van der Waals surface area (Å²) < 4.78 is 0. The van der Waals surface area contributed by atoms with Gasteiger partial charge in [0.2, 0.25) is 0 Å². The molecule has 7 heteroatoms. The van der Waals surface area contributed by atoms with Crippen molar-refractivity contribution in [3.63, 3.8) is 0 Å². The molecule has 2 N–H and O–H groups in total. The third-order valence-electron chi connectivity index (χ3n) is 5.20. The first kappa shape index (κ1) is 16.6. The Labute approximate surface area is 170 Å². The van der Waals surface area contributed by atoms with Gasteiger partial charge >= 0.3 is 0 Å². The van der Waals surface area contributed by atoms with Gasteiger partial charge in [-0.1, -0.05) is 0 Å². The fourth-order valence-electron chi connectivity index (χ4n) is 3.73. The molecular formula is C23H15N7. The van der Waals surface area contributed by atoms with Gasteiger partial charge in [-0.15, -0.1) is 0 Å². The van der Waals surface area contributed by atoms with Crippen molar-refractivity contribution in [2.75, 3.05) is 0 Å². The number of fused-ring (bicyclic) bond motifs is 2. The molecule has 0 aliphatic carbocycles. The Balaban J connectivity index is 1.52. The molecule has 7 nitrogen and oxygen atoms in total. The van der Waals surface area contributed by atoms with Gasteiger partial charge in [0.25, 0.3) is 0 Å². The van der Waals surface area contributed by atoms with E-state index in [1.165, 1.54) is 0 Å². The molecule has 0 radical (unpaired) electrons. The molecule has 6 rings (SSSR count). The number of rotatable bonds is 3. The lowest BCUT2D eigenvalue weighted by Crippen LogP contribution is -1.85. The lowest BCUT2D eigenvalue weighted by atomic mass is 10.1. The van der Waals surface area contributed by atoms with Gasteiger partial charge in [-0.05, 0) is 42.0 Å². The minimum atomic E-state index is 0.842.